The highest BCUT2D eigenvalue weighted by Crippen LogP contribution is 2.26. The molecule has 3 rings (SSSR count). The second-order valence-electron chi connectivity index (χ2n) is 6.53. The molecule has 2 saturated heterocycles. The number of nitrogens with zero attached hydrogens (tertiary/aromatic N) is 3. The van der Waals surface area contributed by atoms with Gasteiger partial charge in [-0.2, -0.15) is 0 Å². The molecule has 2 heterocycles. The summed E-state index contributed by atoms with van der Waals surface area (Å²) in [5, 5.41) is 3.47. The summed E-state index contributed by atoms with van der Waals surface area (Å²) in [6.45, 7) is 10.9. The molecule has 1 aromatic carbocycles. The van der Waals surface area contributed by atoms with Crippen molar-refractivity contribution in [1.82, 2.24) is 15.1 Å². The van der Waals surface area contributed by atoms with Crippen molar-refractivity contribution >= 4 is 5.96 Å². The molecule has 0 aliphatic carbocycles. The van der Waals surface area contributed by atoms with Gasteiger partial charge in [0.15, 0.2) is 5.96 Å². The highest BCUT2D eigenvalue weighted by Gasteiger charge is 2.25. The van der Waals surface area contributed by atoms with Crippen LogP contribution in [0.25, 0.3) is 0 Å². The Labute approximate surface area is 145 Å². The van der Waals surface area contributed by atoms with Gasteiger partial charge < -0.3 is 15.0 Å². The molecular weight excluding hydrogens is 300 g/mol. The predicted molar refractivity (Wildman–Crippen MR) is 98.6 cm³/mol. The SMILES string of the molecule is CCNC(=NCCN1CCOCC1)N1CCC(c2ccccc2)C1. The standard InChI is InChI=1S/C19H30N4O/c1-2-20-19(21-9-11-22-12-14-24-15-13-22)23-10-8-18(16-23)17-6-4-3-5-7-17/h3-7,18H,2,8-16H2,1H3,(H,20,21). The second kappa shape index (κ2) is 9.04. The lowest BCUT2D eigenvalue weighted by atomic mass is 9.99. The topological polar surface area (TPSA) is 40.1 Å². The molecule has 24 heavy (non-hydrogen) atoms. The van der Waals surface area contributed by atoms with Gasteiger partial charge >= 0.3 is 0 Å². The molecule has 5 heteroatoms. The van der Waals surface area contributed by atoms with Crippen LogP contribution >= 0.6 is 0 Å². The molecule has 2 aliphatic rings. The van der Waals surface area contributed by atoms with Crippen LogP contribution in [0.1, 0.15) is 24.8 Å². The van der Waals surface area contributed by atoms with Crippen LogP contribution in [0.15, 0.2) is 35.3 Å². The normalized spacial score (nSPS) is 22.8. The maximum absolute atomic E-state index is 5.40. The minimum Gasteiger partial charge on any atom is -0.379 e. The molecule has 0 bridgehead atoms. The number of hydrogen-bond donors (Lipinski definition) is 1. The Balaban J connectivity index is 1.54. The van der Waals surface area contributed by atoms with E-state index in [-0.39, 0.29) is 0 Å². The number of benzene rings is 1. The predicted octanol–water partition coefficient (Wildman–Crippen LogP) is 1.77. The first kappa shape index (κ1) is 17.2. The van der Waals surface area contributed by atoms with Gasteiger partial charge in [0, 0.05) is 45.2 Å². The summed E-state index contributed by atoms with van der Waals surface area (Å²) in [6.07, 6.45) is 1.21. The molecule has 1 N–H and O–H groups in total. The zero-order valence-electron chi connectivity index (χ0n) is 14.8. The van der Waals surface area contributed by atoms with E-state index in [1.54, 1.807) is 0 Å². The van der Waals surface area contributed by atoms with Crippen molar-refractivity contribution < 1.29 is 4.74 Å². The number of rotatable bonds is 5. The van der Waals surface area contributed by atoms with E-state index in [2.05, 4.69) is 52.4 Å². The second-order valence-corrected chi connectivity index (χ2v) is 6.53. The average molecular weight is 330 g/mol. The van der Waals surface area contributed by atoms with Crippen molar-refractivity contribution in [1.29, 1.82) is 0 Å². The summed E-state index contributed by atoms with van der Waals surface area (Å²) in [6, 6.07) is 10.9. The zero-order valence-corrected chi connectivity index (χ0v) is 14.8. The van der Waals surface area contributed by atoms with Crippen LogP contribution in [0.2, 0.25) is 0 Å². The van der Waals surface area contributed by atoms with Crippen molar-refractivity contribution in [3.63, 3.8) is 0 Å². The molecule has 2 fully saturated rings. The molecule has 1 aromatic rings. The molecule has 0 spiro atoms. The van der Waals surface area contributed by atoms with E-state index < -0.39 is 0 Å². The van der Waals surface area contributed by atoms with Crippen LogP contribution in [-0.4, -0.2) is 74.8 Å². The van der Waals surface area contributed by atoms with Gasteiger partial charge in [-0.05, 0) is 18.9 Å². The van der Waals surface area contributed by atoms with Crippen LogP contribution in [-0.2, 0) is 4.74 Å². The first-order valence-electron chi connectivity index (χ1n) is 9.25. The van der Waals surface area contributed by atoms with Crippen LogP contribution in [0.3, 0.4) is 0 Å². The summed E-state index contributed by atoms with van der Waals surface area (Å²) in [4.78, 5) is 9.72. The summed E-state index contributed by atoms with van der Waals surface area (Å²) >= 11 is 0. The number of likely N-dealkylation sites (tertiary alicyclic amines) is 1. The lowest BCUT2D eigenvalue weighted by Gasteiger charge is -2.26. The first-order valence-corrected chi connectivity index (χ1v) is 9.25. The van der Waals surface area contributed by atoms with Gasteiger partial charge in [-0.25, -0.2) is 0 Å². The molecule has 1 unspecified atom stereocenters. The molecule has 0 aromatic heterocycles. The number of hydrogen-bond acceptors (Lipinski definition) is 3. The molecule has 0 saturated carbocycles. The lowest BCUT2D eigenvalue weighted by Crippen LogP contribution is -2.41. The Hall–Kier alpha value is -1.59. The third-order valence-electron chi connectivity index (χ3n) is 4.88. The third kappa shape index (κ3) is 4.71. The molecule has 132 valence electrons. The van der Waals surface area contributed by atoms with Crippen molar-refractivity contribution in [2.24, 2.45) is 4.99 Å². The Bertz CT molecular complexity index is 513. The average Bonchev–Trinajstić information content (AvgIpc) is 3.13. The summed E-state index contributed by atoms with van der Waals surface area (Å²) < 4.78 is 5.40. The van der Waals surface area contributed by atoms with E-state index in [1.807, 2.05) is 0 Å². The highest BCUT2D eigenvalue weighted by molar-refractivity contribution is 5.80. The maximum atomic E-state index is 5.40. The molecule has 0 amide bonds. The van der Waals surface area contributed by atoms with E-state index >= 15 is 0 Å². The molecule has 1 atom stereocenters. The maximum Gasteiger partial charge on any atom is 0.193 e. The minimum absolute atomic E-state index is 0.620. The molecular formula is C19H30N4O. The van der Waals surface area contributed by atoms with Gasteiger partial charge in [0.2, 0.25) is 0 Å². The third-order valence-corrected chi connectivity index (χ3v) is 4.88. The van der Waals surface area contributed by atoms with Gasteiger partial charge in [-0.3, -0.25) is 9.89 Å². The van der Waals surface area contributed by atoms with Crippen molar-refractivity contribution in [2.75, 3.05) is 59.0 Å². The van der Waals surface area contributed by atoms with Gasteiger partial charge in [0.1, 0.15) is 0 Å². The number of nitrogens with one attached hydrogen (secondary N) is 1. The van der Waals surface area contributed by atoms with E-state index in [4.69, 9.17) is 9.73 Å². The quantitative estimate of drug-likeness (QED) is 0.660. The Morgan fingerprint density at radius 1 is 1.21 bits per heavy atom. The number of ether oxygens (including phenoxy) is 1. The largest absolute Gasteiger partial charge is 0.379 e. The summed E-state index contributed by atoms with van der Waals surface area (Å²) in [7, 11) is 0. The van der Waals surface area contributed by atoms with Gasteiger partial charge in [-0.1, -0.05) is 30.3 Å². The van der Waals surface area contributed by atoms with Crippen LogP contribution in [0.4, 0.5) is 0 Å². The van der Waals surface area contributed by atoms with Gasteiger partial charge in [-0.15, -0.1) is 0 Å². The van der Waals surface area contributed by atoms with Crippen molar-refractivity contribution in [2.45, 2.75) is 19.3 Å². The first-order chi connectivity index (χ1) is 11.9. The fourth-order valence-electron chi connectivity index (χ4n) is 3.50. The fraction of sp³-hybridized carbons (Fsp3) is 0.632. The Morgan fingerprint density at radius 2 is 2.00 bits per heavy atom. The zero-order chi connectivity index (χ0) is 16.6. The highest BCUT2D eigenvalue weighted by atomic mass is 16.5. The van der Waals surface area contributed by atoms with Crippen molar-refractivity contribution in [3.05, 3.63) is 35.9 Å². The monoisotopic (exact) mass is 330 g/mol. The minimum atomic E-state index is 0.620. The van der Waals surface area contributed by atoms with E-state index in [1.165, 1.54) is 12.0 Å². The van der Waals surface area contributed by atoms with Crippen LogP contribution < -0.4 is 5.32 Å². The number of morpholine rings is 1. The number of aliphatic imine (C=N–C) groups is 1. The fourth-order valence-corrected chi connectivity index (χ4v) is 3.50. The Morgan fingerprint density at radius 3 is 2.75 bits per heavy atom. The number of guanidine groups is 1. The Kier molecular flexibility index (Phi) is 6.49. The smallest absolute Gasteiger partial charge is 0.193 e. The lowest BCUT2D eigenvalue weighted by molar-refractivity contribution is 0.0394. The van der Waals surface area contributed by atoms with Gasteiger partial charge in [0.25, 0.3) is 0 Å². The molecule has 0 radical (unpaired) electrons. The van der Waals surface area contributed by atoms with Crippen LogP contribution in [0, 0.1) is 0 Å². The van der Waals surface area contributed by atoms with Crippen molar-refractivity contribution in [3.8, 4) is 0 Å². The molecule has 5 nitrogen and oxygen atoms in total. The van der Waals surface area contributed by atoms with Crippen LogP contribution in [0.5, 0.6) is 0 Å². The van der Waals surface area contributed by atoms with E-state index in [9.17, 15) is 0 Å². The van der Waals surface area contributed by atoms with E-state index in [0.717, 1.165) is 65.0 Å². The summed E-state index contributed by atoms with van der Waals surface area (Å²) in [5.74, 6) is 1.69. The molecule has 2 aliphatic heterocycles. The van der Waals surface area contributed by atoms with Gasteiger partial charge in [0.05, 0.1) is 19.8 Å². The van der Waals surface area contributed by atoms with E-state index in [0.29, 0.717) is 5.92 Å². The summed E-state index contributed by atoms with van der Waals surface area (Å²) in [5.41, 5.74) is 1.45.